The highest BCUT2D eigenvalue weighted by Crippen LogP contribution is 2.23. The number of nitrogens with zero attached hydrogens (tertiary/aromatic N) is 2. The molecule has 0 spiro atoms. The van der Waals surface area contributed by atoms with E-state index in [-0.39, 0.29) is 0 Å². The Morgan fingerprint density at radius 2 is 1.65 bits per heavy atom. The molecule has 17 heavy (non-hydrogen) atoms. The van der Waals surface area contributed by atoms with E-state index in [0.29, 0.717) is 23.3 Å². The van der Waals surface area contributed by atoms with E-state index in [1.54, 1.807) is 32.4 Å². The first-order valence-corrected chi connectivity index (χ1v) is 5.06. The molecule has 0 saturated heterocycles. The molecule has 0 aliphatic heterocycles. The molecular weight excluding hydrogens is 218 g/mol. The molecule has 2 rings (SSSR count). The Balaban J connectivity index is 2.50. The lowest BCUT2D eigenvalue weighted by Gasteiger charge is -2.06. The van der Waals surface area contributed by atoms with E-state index in [4.69, 9.17) is 15.2 Å². The van der Waals surface area contributed by atoms with E-state index < -0.39 is 0 Å². The topological polar surface area (TPSA) is 70.3 Å². The smallest absolute Gasteiger partial charge is 0.220 e. The lowest BCUT2D eigenvalue weighted by molar-refractivity contribution is 0.372. The van der Waals surface area contributed by atoms with Gasteiger partial charge >= 0.3 is 0 Å². The van der Waals surface area contributed by atoms with Crippen molar-refractivity contribution in [1.29, 1.82) is 0 Å². The van der Waals surface area contributed by atoms with Crippen LogP contribution < -0.4 is 15.2 Å². The molecule has 0 aliphatic rings. The van der Waals surface area contributed by atoms with E-state index in [0.717, 1.165) is 5.56 Å². The van der Waals surface area contributed by atoms with Gasteiger partial charge in [-0.25, -0.2) is 0 Å². The Hall–Kier alpha value is -2.30. The number of nitrogens with two attached hydrogens (primary N) is 1. The molecule has 0 amide bonds. The quantitative estimate of drug-likeness (QED) is 0.815. The van der Waals surface area contributed by atoms with Crippen LogP contribution in [0.3, 0.4) is 0 Å². The van der Waals surface area contributed by atoms with Crippen LogP contribution in [0.2, 0.25) is 0 Å². The average molecular weight is 231 g/mol. The minimum absolute atomic E-state index is 0.453. The third-order valence-corrected chi connectivity index (χ3v) is 2.24. The Morgan fingerprint density at radius 1 is 1.00 bits per heavy atom. The molecular formula is C12H13N3O2. The number of nitrogen functional groups attached to an aromatic ring is 1. The molecule has 0 unspecified atom stereocenters. The second-order valence-electron chi connectivity index (χ2n) is 3.40. The fourth-order valence-electron chi connectivity index (χ4n) is 1.42. The van der Waals surface area contributed by atoms with Crippen LogP contribution in [0.4, 0.5) is 5.69 Å². The van der Waals surface area contributed by atoms with Crippen molar-refractivity contribution in [3.63, 3.8) is 0 Å². The van der Waals surface area contributed by atoms with Gasteiger partial charge in [0.1, 0.15) is 0 Å². The summed E-state index contributed by atoms with van der Waals surface area (Å²) in [7, 11) is 3.09. The zero-order valence-electron chi connectivity index (χ0n) is 9.68. The normalized spacial score (nSPS) is 10.0. The molecule has 0 saturated carbocycles. The van der Waals surface area contributed by atoms with Crippen LogP contribution in [0.5, 0.6) is 11.8 Å². The van der Waals surface area contributed by atoms with Crippen LogP contribution in [-0.2, 0) is 0 Å². The van der Waals surface area contributed by atoms with Gasteiger partial charge in [-0.2, -0.15) is 9.97 Å². The number of benzene rings is 1. The molecule has 5 nitrogen and oxygen atoms in total. The second kappa shape index (κ2) is 4.69. The number of methoxy groups -OCH3 is 2. The van der Waals surface area contributed by atoms with Crippen molar-refractivity contribution in [2.45, 2.75) is 0 Å². The van der Waals surface area contributed by atoms with E-state index in [2.05, 4.69) is 9.97 Å². The van der Waals surface area contributed by atoms with Crippen LogP contribution in [0, 0.1) is 0 Å². The van der Waals surface area contributed by atoms with Gasteiger partial charge in [-0.05, 0) is 12.1 Å². The van der Waals surface area contributed by atoms with Crippen molar-refractivity contribution in [2.24, 2.45) is 0 Å². The molecule has 1 aromatic heterocycles. The van der Waals surface area contributed by atoms with Gasteiger partial charge in [0.05, 0.1) is 20.3 Å². The Morgan fingerprint density at radius 3 is 2.18 bits per heavy atom. The van der Waals surface area contributed by atoms with Gasteiger partial charge in [-0.15, -0.1) is 0 Å². The highest BCUT2D eigenvalue weighted by Gasteiger charge is 2.07. The van der Waals surface area contributed by atoms with Crippen LogP contribution in [0.15, 0.2) is 30.3 Å². The SMILES string of the molecule is COc1cc(OC)nc(-c2cccc(N)c2)n1. The summed E-state index contributed by atoms with van der Waals surface area (Å²) in [6, 6.07) is 8.95. The van der Waals surface area contributed by atoms with Gasteiger partial charge in [-0.1, -0.05) is 12.1 Å². The first kappa shape index (κ1) is 11.2. The van der Waals surface area contributed by atoms with Gasteiger partial charge in [0.25, 0.3) is 0 Å². The average Bonchev–Trinajstić information content (AvgIpc) is 2.38. The largest absolute Gasteiger partial charge is 0.481 e. The maximum Gasteiger partial charge on any atom is 0.220 e. The lowest BCUT2D eigenvalue weighted by atomic mass is 10.2. The summed E-state index contributed by atoms with van der Waals surface area (Å²) in [5.41, 5.74) is 7.20. The number of rotatable bonds is 3. The molecule has 5 heteroatoms. The molecule has 1 aromatic carbocycles. The Bertz CT molecular complexity index is 507. The fraction of sp³-hybridized carbons (Fsp3) is 0.167. The number of anilines is 1. The summed E-state index contributed by atoms with van der Waals surface area (Å²) in [5, 5.41) is 0. The fourth-order valence-corrected chi connectivity index (χ4v) is 1.42. The number of ether oxygens (including phenoxy) is 2. The predicted octanol–water partition coefficient (Wildman–Crippen LogP) is 1.74. The number of aromatic nitrogens is 2. The lowest BCUT2D eigenvalue weighted by Crippen LogP contribution is -1.97. The minimum Gasteiger partial charge on any atom is -0.481 e. The van der Waals surface area contributed by atoms with Gasteiger partial charge in [0.15, 0.2) is 5.82 Å². The molecule has 88 valence electrons. The predicted molar refractivity (Wildman–Crippen MR) is 65.0 cm³/mol. The third-order valence-electron chi connectivity index (χ3n) is 2.24. The summed E-state index contributed by atoms with van der Waals surface area (Å²) in [6.45, 7) is 0. The van der Waals surface area contributed by atoms with Crippen molar-refractivity contribution in [3.8, 4) is 23.1 Å². The second-order valence-corrected chi connectivity index (χ2v) is 3.40. The third kappa shape index (κ3) is 2.44. The summed E-state index contributed by atoms with van der Waals surface area (Å²) in [6.07, 6.45) is 0. The maximum absolute atomic E-state index is 5.72. The number of hydrogen-bond donors (Lipinski definition) is 1. The first-order chi connectivity index (χ1) is 8.22. The van der Waals surface area contributed by atoms with Crippen molar-refractivity contribution < 1.29 is 9.47 Å². The van der Waals surface area contributed by atoms with Crippen LogP contribution >= 0.6 is 0 Å². The molecule has 0 aliphatic carbocycles. The number of hydrogen-bond acceptors (Lipinski definition) is 5. The first-order valence-electron chi connectivity index (χ1n) is 5.06. The zero-order valence-corrected chi connectivity index (χ0v) is 9.68. The van der Waals surface area contributed by atoms with Gasteiger partial charge in [-0.3, -0.25) is 0 Å². The minimum atomic E-state index is 0.453. The van der Waals surface area contributed by atoms with E-state index in [9.17, 15) is 0 Å². The van der Waals surface area contributed by atoms with Gasteiger partial charge in [0, 0.05) is 11.3 Å². The summed E-state index contributed by atoms with van der Waals surface area (Å²) >= 11 is 0. The van der Waals surface area contributed by atoms with E-state index in [1.807, 2.05) is 12.1 Å². The molecule has 2 aromatic rings. The van der Waals surface area contributed by atoms with E-state index in [1.165, 1.54) is 0 Å². The molecule has 2 N–H and O–H groups in total. The standard InChI is InChI=1S/C12H13N3O2/c1-16-10-7-11(17-2)15-12(14-10)8-4-3-5-9(13)6-8/h3-7H,13H2,1-2H3. The highest BCUT2D eigenvalue weighted by molar-refractivity contribution is 5.61. The molecule has 0 radical (unpaired) electrons. The van der Waals surface area contributed by atoms with Gasteiger partial charge in [0.2, 0.25) is 11.8 Å². The monoisotopic (exact) mass is 231 g/mol. The Kier molecular flexibility index (Phi) is 3.09. The van der Waals surface area contributed by atoms with Crippen LogP contribution in [-0.4, -0.2) is 24.2 Å². The van der Waals surface area contributed by atoms with Gasteiger partial charge < -0.3 is 15.2 Å². The Labute approximate surface area is 99.2 Å². The van der Waals surface area contributed by atoms with Crippen molar-refractivity contribution >= 4 is 5.69 Å². The van der Waals surface area contributed by atoms with Crippen molar-refractivity contribution in [2.75, 3.05) is 20.0 Å². The van der Waals surface area contributed by atoms with Crippen molar-refractivity contribution in [1.82, 2.24) is 9.97 Å². The molecule has 0 atom stereocenters. The van der Waals surface area contributed by atoms with Crippen LogP contribution in [0.1, 0.15) is 0 Å². The summed E-state index contributed by atoms with van der Waals surface area (Å²) in [4.78, 5) is 8.48. The maximum atomic E-state index is 5.72. The highest BCUT2D eigenvalue weighted by atomic mass is 16.5. The zero-order chi connectivity index (χ0) is 12.3. The van der Waals surface area contributed by atoms with E-state index >= 15 is 0 Å². The molecule has 0 bridgehead atoms. The molecule has 0 fully saturated rings. The summed E-state index contributed by atoms with van der Waals surface area (Å²) < 4.78 is 10.2. The van der Waals surface area contributed by atoms with Crippen molar-refractivity contribution in [3.05, 3.63) is 30.3 Å². The van der Waals surface area contributed by atoms with Crippen LogP contribution in [0.25, 0.3) is 11.4 Å². The molecule has 1 heterocycles. The summed E-state index contributed by atoms with van der Waals surface area (Å²) in [5.74, 6) is 1.43.